The molecule has 0 aliphatic heterocycles. The number of aryl methyl sites for hydroxylation is 1. The molecular weight excluding hydrogens is 434 g/mol. The van der Waals surface area contributed by atoms with E-state index in [1.54, 1.807) is 17.4 Å². The van der Waals surface area contributed by atoms with Crippen LogP contribution in [0, 0.1) is 17.2 Å². The molecule has 2 aliphatic rings. The maximum absolute atomic E-state index is 13.2. The zero-order valence-electron chi connectivity index (χ0n) is 18.3. The number of H-pyrrole nitrogens is 1. The minimum absolute atomic E-state index is 0.188. The lowest BCUT2D eigenvalue weighted by Crippen LogP contribution is -2.50. The second-order valence-corrected chi connectivity index (χ2v) is 10.1. The van der Waals surface area contributed by atoms with Gasteiger partial charge in [-0.3, -0.25) is 9.59 Å². The molecule has 2 aromatic heterocycles. The molecular formula is C25H27N5O2S. The lowest BCUT2D eigenvalue weighted by molar-refractivity contribution is -0.123. The Morgan fingerprint density at radius 1 is 1.21 bits per heavy atom. The third-order valence-electron chi connectivity index (χ3n) is 6.67. The van der Waals surface area contributed by atoms with E-state index in [1.807, 2.05) is 29.8 Å². The number of rotatable bonds is 8. The highest BCUT2D eigenvalue weighted by Gasteiger charge is 2.33. The highest BCUT2D eigenvalue weighted by Crippen LogP contribution is 2.36. The molecule has 5 rings (SSSR count). The van der Waals surface area contributed by atoms with Crippen molar-refractivity contribution in [2.75, 3.05) is 0 Å². The number of carbonyl (C=O) groups is 2. The van der Waals surface area contributed by atoms with Gasteiger partial charge in [-0.15, -0.1) is 11.3 Å². The number of carbonyl (C=O) groups excluding carboxylic acids is 2. The Balaban J connectivity index is 1.25. The van der Waals surface area contributed by atoms with E-state index in [0.29, 0.717) is 24.5 Å². The van der Waals surface area contributed by atoms with E-state index in [0.717, 1.165) is 48.7 Å². The van der Waals surface area contributed by atoms with Crippen LogP contribution in [0.1, 0.15) is 65.5 Å². The number of amides is 2. The summed E-state index contributed by atoms with van der Waals surface area (Å²) in [6.07, 6.45) is 6.39. The molecule has 33 heavy (non-hydrogen) atoms. The zero-order valence-corrected chi connectivity index (χ0v) is 19.2. The van der Waals surface area contributed by atoms with Gasteiger partial charge >= 0.3 is 0 Å². The molecule has 8 heteroatoms. The van der Waals surface area contributed by atoms with E-state index in [9.17, 15) is 14.9 Å². The van der Waals surface area contributed by atoms with Crippen LogP contribution in [0.25, 0.3) is 10.9 Å². The quantitative estimate of drug-likeness (QED) is 0.470. The van der Waals surface area contributed by atoms with Crippen molar-refractivity contribution in [2.24, 2.45) is 5.92 Å². The standard InChI is InChI=1S/C25H27N5O2S/c26-13-18(11-17-5-3-7-22-23(17)27-14-33-22)28-24(31)20(10-15-8-9-15)30-25(32)21-12-16-4-1-2-6-19(16)29-21/h1-2,4,6,12,14-15,17-18,20,29H,3,5,7-11H2,(H,28,31)(H,30,32)/t17?,18?,20-/m0/s1. The second-order valence-electron chi connectivity index (χ2n) is 9.15. The predicted molar refractivity (Wildman–Crippen MR) is 127 cm³/mol. The number of hydrogen-bond donors (Lipinski definition) is 3. The van der Waals surface area contributed by atoms with E-state index < -0.39 is 12.1 Å². The Bertz CT molecular complexity index is 1170. The Kier molecular flexibility index (Phi) is 6.14. The number of aromatic nitrogens is 2. The summed E-state index contributed by atoms with van der Waals surface area (Å²) in [5, 5.41) is 16.5. The van der Waals surface area contributed by atoms with Crippen LogP contribution in [0.2, 0.25) is 0 Å². The van der Waals surface area contributed by atoms with Gasteiger partial charge in [0.25, 0.3) is 5.91 Å². The van der Waals surface area contributed by atoms with Crippen molar-refractivity contribution in [3.8, 4) is 6.07 Å². The number of benzene rings is 1. The van der Waals surface area contributed by atoms with Crippen molar-refractivity contribution >= 4 is 34.1 Å². The van der Waals surface area contributed by atoms with Crippen LogP contribution >= 0.6 is 11.3 Å². The van der Waals surface area contributed by atoms with Crippen LogP contribution in [0.15, 0.2) is 35.8 Å². The van der Waals surface area contributed by atoms with Crippen molar-refractivity contribution in [3.63, 3.8) is 0 Å². The number of aromatic amines is 1. The van der Waals surface area contributed by atoms with Crippen LogP contribution in [0.4, 0.5) is 0 Å². The third kappa shape index (κ3) is 4.93. The van der Waals surface area contributed by atoms with Crippen LogP contribution in [0.5, 0.6) is 0 Å². The van der Waals surface area contributed by atoms with Gasteiger partial charge in [0.05, 0.1) is 17.3 Å². The van der Waals surface area contributed by atoms with E-state index in [4.69, 9.17) is 0 Å². The first-order valence-corrected chi connectivity index (χ1v) is 12.5. The number of thiazole rings is 1. The first-order valence-electron chi connectivity index (χ1n) is 11.6. The molecule has 3 aromatic rings. The molecule has 3 atom stereocenters. The molecule has 170 valence electrons. The number of para-hydroxylation sites is 1. The number of nitriles is 1. The van der Waals surface area contributed by atoms with E-state index in [-0.39, 0.29) is 17.7 Å². The molecule has 1 aromatic carbocycles. The minimum atomic E-state index is -0.659. The number of nitrogens with one attached hydrogen (secondary N) is 3. The van der Waals surface area contributed by atoms with Gasteiger partial charge < -0.3 is 15.6 Å². The number of hydrogen-bond acceptors (Lipinski definition) is 5. The molecule has 0 bridgehead atoms. The first kappa shape index (κ1) is 21.7. The maximum atomic E-state index is 13.2. The molecule has 0 saturated heterocycles. The van der Waals surface area contributed by atoms with Crippen molar-refractivity contribution < 1.29 is 9.59 Å². The van der Waals surface area contributed by atoms with Gasteiger partial charge in [0, 0.05) is 21.7 Å². The Morgan fingerprint density at radius 3 is 2.85 bits per heavy atom. The smallest absolute Gasteiger partial charge is 0.268 e. The van der Waals surface area contributed by atoms with Gasteiger partial charge in [0.2, 0.25) is 5.91 Å². The van der Waals surface area contributed by atoms with Crippen LogP contribution in [-0.4, -0.2) is 33.9 Å². The molecule has 0 radical (unpaired) electrons. The normalized spacial score (nSPS) is 19.3. The lowest BCUT2D eigenvalue weighted by Gasteiger charge is -2.25. The summed E-state index contributed by atoms with van der Waals surface area (Å²) < 4.78 is 0. The number of fused-ring (bicyclic) bond motifs is 2. The summed E-state index contributed by atoms with van der Waals surface area (Å²) in [4.78, 5) is 35.0. The molecule has 3 N–H and O–H groups in total. The second kappa shape index (κ2) is 9.36. The molecule has 1 fully saturated rings. The molecule has 2 amide bonds. The molecule has 1 saturated carbocycles. The van der Waals surface area contributed by atoms with Crippen molar-refractivity contribution in [1.82, 2.24) is 20.6 Å². The summed E-state index contributed by atoms with van der Waals surface area (Å²) in [7, 11) is 0. The average Bonchev–Trinajstić information content (AvgIpc) is 3.33. The van der Waals surface area contributed by atoms with Gasteiger partial charge in [-0.05, 0) is 50.2 Å². The minimum Gasteiger partial charge on any atom is -0.351 e. The van der Waals surface area contributed by atoms with Crippen LogP contribution in [-0.2, 0) is 11.2 Å². The fourth-order valence-electron chi connectivity index (χ4n) is 4.73. The topological polar surface area (TPSA) is 111 Å². The van der Waals surface area contributed by atoms with Crippen molar-refractivity contribution in [3.05, 3.63) is 52.1 Å². The number of nitrogens with zero attached hydrogens (tertiary/aromatic N) is 2. The summed E-state index contributed by atoms with van der Waals surface area (Å²) >= 11 is 1.67. The maximum Gasteiger partial charge on any atom is 0.268 e. The lowest BCUT2D eigenvalue weighted by atomic mass is 9.86. The monoisotopic (exact) mass is 461 g/mol. The van der Waals surface area contributed by atoms with E-state index >= 15 is 0 Å². The summed E-state index contributed by atoms with van der Waals surface area (Å²) in [6, 6.07) is 10.5. The first-order chi connectivity index (χ1) is 16.1. The van der Waals surface area contributed by atoms with Crippen LogP contribution < -0.4 is 10.6 Å². The average molecular weight is 462 g/mol. The summed E-state index contributed by atoms with van der Waals surface area (Å²) in [6.45, 7) is 0. The SMILES string of the molecule is N#CC(CC1CCCc2scnc21)NC(=O)[C@H](CC1CC1)NC(=O)c1cc2ccccc2[nH]1. The van der Waals surface area contributed by atoms with Gasteiger partial charge in [-0.2, -0.15) is 5.26 Å². The molecule has 2 unspecified atom stereocenters. The fraction of sp³-hybridized carbons (Fsp3) is 0.440. The summed E-state index contributed by atoms with van der Waals surface area (Å²) in [5.74, 6) is 0.0418. The molecule has 2 aliphatic carbocycles. The zero-order chi connectivity index (χ0) is 22.8. The van der Waals surface area contributed by atoms with E-state index in [1.165, 1.54) is 4.88 Å². The highest BCUT2D eigenvalue weighted by atomic mass is 32.1. The van der Waals surface area contributed by atoms with Gasteiger partial charge in [0.1, 0.15) is 17.8 Å². The Labute approximate surface area is 196 Å². The Hall–Kier alpha value is -3.18. The van der Waals surface area contributed by atoms with Crippen molar-refractivity contribution in [2.45, 2.75) is 62.9 Å². The fourth-order valence-corrected chi connectivity index (χ4v) is 5.62. The molecule has 2 heterocycles. The summed E-state index contributed by atoms with van der Waals surface area (Å²) in [5.41, 5.74) is 4.26. The third-order valence-corrected chi connectivity index (χ3v) is 7.58. The largest absolute Gasteiger partial charge is 0.351 e. The Morgan fingerprint density at radius 2 is 2.06 bits per heavy atom. The van der Waals surface area contributed by atoms with Gasteiger partial charge in [-0.1, -0.05) is 31.0 Å². The predicted octanol–water partition coefficient (Wildman–Crippen LogP) is 4.04. The van der Waals surface area contributed by atoms with Crippen LogP contribution in [0.3, 0.4) is 0 Å². The molecule has 0 spiro atoms. The van der Waals surface area contributed by atoms with Gasteiger partial charge in [-0.25, -0.2) is 4.98 Å². The van der Waals surface area contributed by atoms with Gasteiger partial charge in [0.15, 0.2) is 0 Å². The highest BCUT2D eigenvalue weighted by molar-refractivity contribution is 7.09. The molecule has 7 nitrogen and oxygen atoms in total. The van der Waals surface area contributed by atoms with Crippen molar-refractivity contribution in [1.29, 1.82) is 5.26 Å². The van der Waals surface area contributed by atoms with E-state index in [2.05, 4.69) is 26.7 Å².